The third-order valence-corrected chi connectivity index (χ3v) is 5.26. The lowest BCUT2D eigenvalue weighted by molar-refractivity contribution is 0.200. The second-order valence-corrected chi connectivity index (χ2v) is 7.21. The van der Waals surface area contributed by atoms with Gasteiger partial charge in [0.25, 0.3) is 10.0 Å². The summed E-state index contributed by atoms with van der Waals surface area (Å²) in [6.45, 7) is 3.33. The number of anilines is 1. The highest BCUT2D eigenvalue weighted by molar-refractivity contribution is 7.94. The molecule has 7 heteroatoms. The summed E-state index contributed by atoms with van der Waals surface area (Å²) in [4.78, 5) is 3.93. The Hall–Kier alpha value is -1.44. The molecule has 0 aliphatic rings. The van der Waals surface area contributed by atoms with Crippen molar-refractivity contribution in [1.29, 1.82) is 0 Å². The van der Waals surface area contributed by atoms with Crippen LogP contribution >= 0.6 is 11.3 Å². The molecule has 2 aromatic rings. The standard InChI is InChI=1S/C12H14N2O3S2/c1-8(15)10-5-3-4-6-11(10)14-19(16,17)12-7-13-9(2)18-12/h3-8,14-15H,1-2H3. The van der Waals surface area contributed by atoms with Crippen molar-refractivity contribution in [2.45, 2.75) is 24.2 Å². The fraction of sp³-hybridized carbons (Fsp3) is 0.250. The van der Waals surface area contributed by atoms with E-state index in [4.69, 9.17) is 0 Å². The Labute approximate surface area is 116 Å². The summed E-state index contributed by atoms with van der Waals surface area (Å²) in [7, 11) is -3.65. The number of aryl methyl sites for hydroxylation is 1. The van der Waals surface area contributed by atoms with Crippen LogP contribution in [0, 0.1) is 6.92 Å². The predicted molar refractivity (Wildman–Crippen MR) is 74.7 cm³/mol. The van der Waals surface area contributed by atoms with Crippen LogP contribution in [0.1, 0.15) is 23.6 Å². The first-order chi connectivity index (χ1) is 8.90. The number of nitrogens with zero attached hydrogens (tertiary/aromatic N) is 1. The first-order valence-corrected chi connectivity index (χ1v) is 7.92. The van der Waals surface area contributed by atoms with Crippen LogP contribution in [0.15, 0.2) is 34.7 Å². The molecule has 0 fully saturated rings. The molecule has 1 heterocycles. The molecule has 5 nitrogen and oxygen atoms in total. The summed E-state index contributed by atoms with van der Waals surface area (Å²) in [5, 5.41) is 10.3. The van der Waals surface area contributed by atoms with Crippen LogP contribution in [0.5, 0.6) is 0 Å². The molecule has 1 aromatic carbocycles. The van der Waals surface area contributed by atoms with E-state index in [1.54, 1.807) is 38.1 Å². The van der Waals surface area contributed by atoms with Crippen LogP contribution in [0.3, 0.4) is 0 Å². The lowest BCUT2D eigenvalue weighted by atomic mass is 10.1. The van der Waals surface area contributed by atoms with Gasteiger partial charge >= 0.3 is 0 Å². The SMILES string of the molecule is Cc1ncc(S(=O)(=O)Nc2ccccc2C(C)O)s1. The fourth-order valence-electron chi connectivity index (χ4n) is 1.62. The Bertz CT molecular complexity index is 678. The molecule has 0 saturated carbocycles. The molecule has 1 unspecified atom stereocenters. The first kappa shape index (κ1) is 14.0. The zero-order valence-electron chi connectivity index (χ0n) is 10.5. The summed E-state index contributed by atoms with van der Waals surface area (Å²) < 4.78 is 27.0. The van der Waals surface area contributed by atoms with Crippen molar-refractivity contribution in [3.8, 4) is 0 Å². The van der Waals surface area contributed by atoms with Crippen LogP contribution in [-0.4, -0.2) is 18.5 Å². The van der Waals surface area contributed by atoms with Crippen molar-refractivity contribution < 1.29 is 13.5 Å². The Balaban J connectivity index is 2.36. The fourth-order valence-corrected chi connectivity index (χ4v) is 3.81. The molecule has 19 heavy (non-hydrogen) atoms. The lowest BCUT2D eigenvalue weighted by Gasteiger charge is -2.13. The average Bonchev–Trinajstić information content (AvgIpc) is 2.76. The van der Waals surface area contributed by atoms with Gasteiger partial charge in [0.05, 0.1) is 23.0 Å². The average molecular weight is 298 g/mol. The van der Waals surface area contributed by atoms with Gasteiger partial charge in [0.2, 0.25) is 0 Å². The van der Waals surface area contributed by atoms with E-state index in [0.717, 1.165) is 11.3 Å². The van der Waals surface area contributed by atoms with Crippen LogP contribution in [0.25, 0.3) is 0 Å². The summed E-state index contributed by atoms with van der Waals surface area (Å²) in [6.07, 6.45) is 0.579. The molecule has 102 valence electrons. The van der Waals surface area contributed by atoms with Gasteiger partial charge in [-0.3, -0.25) is 4.72 Å². The lowest BCUT2D eigenvalue weighted by Crippen LogP contribution is -2.13. The molecule has 1 aromatic heterocycles. The largest absolute Gasteiger partial charge is 0.389 e. The maximum atomic E-state index is 12.2. The monoisotopic (exact) mass is 298 g/mol. The minimum atomic E-state index is -3.65. The molecule has 0 spiro atoms. The van der Waals surface area contributed by atoms with E-state index in [1.165, 1.54) is 6.20 Å². The minimum absolute atomic E-state index is 0.158. The molecule has 2 rings (SSSR count). The van der Waals surface area contributed by atoms with E-state index in [-0.39, 0.29) is 4.21 Å². The van der Waals surface area contributed by atoms with Gasteiger partial charge in [-0.25, -0.2) is 13.4 Å². The van der Waals surface area contributed by atoms with Crippen molar-refractivity contribution in [3.63, 3.8) is 0 Å². The number of hydrogen-bond donors (Lipinski definition) is 2. The number of nitrogens with one attached hydrogen (secondary N) is 1. The number of para-hydroxylation sites is 1. The number of sulfonamides is 1. The molecule has 2 N–H and O–H groups in total. The Morgan fingerprint density at radius 3 is 2.63 bits per heavy atom. The predicted octanol–water partition coefficient (Wildman–Crippen LogP) is 2.31. The second-order valence-electron chi connectivity index (χ2n) is 4.07. The Morgan fingerprint density at radius 1 is 1.37 bits per heavy atom. The van der Waals surface area contributed by atoms with E-state index in [2.05, 4.69) is 9.71 Å². The maximum Gasteiger partial charge on any atom is 0.273 e. The van der Waals surface area contributed by atoms with Crippen LogP contribution < -0.4 is 4.72 Å². The summed E-state index contributed by atoms with van der Waals surface area (Å²) >= 11 is 1.10. The molecule has 0 amide bonds. The van der Waals surface area contributed by atoms with Crippen molar-refractivity contribution in [2.24, 2.45) is 0 Å². The Morgan fingerprint density at radius 2 is 2.05 bits per heavy atom. The molecule has 1 atom stereocenters. The molecular weight excluding hydrogens is 284 g/mol. The van der Waals surface area contributed by atoms with E-state index < -0.39 is 16.1 Å². The highest BCUT2D eigenvalue weighted by Crippen LogP contribution is 2.26. The van der Waals surface area contributed by atoms with E-state index >= 15 is 0 Å². The molecule has 0 bridgehead atoms. The van der Waals surface area contributed by atoms with Crippen LogP contribution in [0.2, 0.25) is 0 Å². The van der Waals surface area contributed by atoms with Crippen LogP contribution in [0.4, 0.5) is 5.69 Å². The number of hydrogen-bond acceptors (Lipinski definition) is 5. The molecule has 0 aliphatic carbocycles. The third kappa shape index (κ3) is 3.12. The zero-order valence-corrected chi connectivity index (χ0v) is 12.1. The van der Waals surface area contributed by atoms with Crippen LogP contribution in [-0.2, 0) is 10.0 Å². The quantitative estimate of drug-likeness (QED) is 0.907. The van der Waals surface area contributed by atoms with Crippen molar-refractivity contribution in [3.05, 3.63) is 41.0 Å². The van der Waals surface area contributed by atoms with Crippen molar-refractivity contribution in [1.82, 2.24) is 4.98 Å². The number of benzene rings is 1. The van der Waals surface area contributed by atoms with E-state index in [1.807, 2.05) is 0 Å². The summed E-state index contributed by atoms with van der Waals surface area (Å²) in [6, 6.07) is 6.76. The number of aliphatic hydroxyl groups excluding tert-OH is 1. The zero-order chi connectivity index (χ0) is 14.0. The highest BCUT2D eigenvalue weighted by atomic mass is 32.2. The van der Waals surface area contributed by atoms with Gasteiger partial charge in [0, 0.05) is 5.56 Å². The summed E-state index contributed by atoms with van der Waals surface area (Å²) in [5.41, 5.74) is 0.913. The topological polar surface area (TPSA) is 79.3 Å². The summed E-state index contributed by atoms with van der Waals surface area (Å²) in [5.74, 6) is 0. The maximum absolute atomic E-state index is 12.2. The second kappa shape index (κ2) is 5.28. The molecule has 0 aliphatic heterocycles. The van der Waals surface area contributed by atoms with Gasteiger partial charge in [-0.05, 0) is 19.9 Å². The minimum Gasteiger partial charge on any atom is -0.389 e. The molecule has 0 saturated heterocycles. The number of thiazole rings is 1. The number of aliphatic hydroxyl groups is 1. The first-order valence-electron chi connectivity index (χ1n) is 5.62. The van der Waals surface area contributed by atoms with E-state index in [9.17, 15) is 13.5 Å². The van der Waals surface area contributed by atoms with Gasteiger partial charge in [-0.15, -0.1) is 11.3 Å². The highest BCUT2D eigenvalue weighted by Gasteiger charge is 2.19. The van der Waals surface area contributed by atoms with Gasteiger partial charge in [0.1, 0.15) is 0 Å². The number of rotatable bonds is 4. The van der Waals surface area contributed by atoms with Crippen molar-refractivity contribution >= 4 is 27.0 Å². The Kier molecular flexibility index (Phi) is 3.88. The normalized spacial score (nSPS) is 13.2. The number of aromatic nitrogens is 1. The third-order valence-electron chi connectivity index (χ3n) is 2.52. The molecular formula is C12H14N2O3S2. The smallest absolute Gasteiger partial charge is 0.273 e. The van der Waals surface area contributed by atoms with Crippen molar-refractivity contribution in [2.75, 3.05) is 4.72 Å². The van der Waals surface area contributed by atoms with Gasteiger partial charge < -0.3 is 5.11 Å². The van der Waals surface area contributed by atoms with E-state index in [0.29, 0.717) is 16.3 Å². The van der Waals surface area contributed by atoms with Gasteiger partial charge in [-0.1, -0.05) is 18.2 Å². The van der Waals surface area contributed by atoms with Gasteiger partial charge in [0.15, 0.2) is 4.21 Å². The molecule has 0 radical (unpaired) electrons. The van der Waals surface area contributed by atoms with Gasteiger partial charge in [-0.2, -0.15) is 0 Å².